The molecule has 0 amide bonds. The van der Waals surface area contributed by atoms with Crippen LogP contribution in [-0.2, 0) is 12.6 Å². The van der Waals surface area contributed by atoms with Gasteiger partial charge in [0.05, 0.1) is 12.0 Å². The number of H-pyrrole nitrogens is 1. The van der Waals surface area contributed by atoms with Crippen molar-refractivity contribution in [3.05, 3.63) is 44.8 Å². The third-order valence-corrected chi connectivity index (χ3v) is 2.42. The average Bonchev–Trinajstić information content (AvgIpc) is 2.26. The lowest BCUT2D eigenvalue weighted by molar-refractivity contribution is -0.138. The predicted octanol–water partition coefficient (Wildman–Crippen LogP) is 1.63. The van der Waals surface area contributed by atoms with Crippen molar-refractivity contribution in [2.75, 3.05) is 0 Å². The fourth-order valence-corrected chi connectivity index (χ4v) is 1.68. The van der Waals surface area contributed by atoms with Gasteiger partial charge in [-0.3, -0.25) is 4.79 Å². The van der Waals surface area contributed by atoms with E-state index in [1.165, 1.54) is 12.2 Å². The normalized spacial score (nSPS) is 14.4. The summed E-state index contributed by atoms with van der Waals surface area (Å²) in [5.41, 5.74) is 6.85. The summed E-state index contributed by atoms with van der Waals surface area (Å²) in [6.07, 6.45) is -2.15. The van der Waals surface area contributed by atoms with Gasteiger partial charge in [0, 0.05) is 17.8 Å². The van der Waals surface area contributed by atoms with Crippen LogP contribution in [-0.4, -0.2) is 15.5 Å². The Hall–Kier alpha value is -2.14. The second kappa shape index (κ2) is 3.71. The zero-order valence-electron chi connectivity index (χ0n) is 8.38. The van der Waals surface area contributed by atoms with E-state index >= 15 is 0 Å². The third kappa shape index (κ3) is 2.05. The van der Waals surface area contributed by atoms with Crippen molar-refractivity contribution in [3.63, 3.8) is 0 Å². The van der Waals surface area contributed by atoms with Gasteiger partial charge in [-0.1, -0.05) is 0 Å². The molecule has 1 N–H and O–H groups in total. The number of hydrogen-bond acceptors (Lipinski definition) is 1. The molecule has 0 radical (unpaired) electrons. The maximum atomic E-state index is 12.7. The summed E-state index contributed by atoms with van der Waals surface area (Å²) in [6.45, 7) is 0. The lowest BCUT2D eigenvalue weighted by Crippen LogP contribution is -2.22. The van der Waals surface area contributed by atoms with Crippen LogP contribution in [0.1, 0.15) is 16.8 Å². The van der Waals surface area contributed by atoms with Crippen LogP contribution in [0.2, 0.25) is 0 Å². The van der Waals surface area contributed by atoms with Crippen molar-refractivity contribution in [1.82, 2.24) is 4.98 Å². The number of alkyl halides is 3. The van der Waals surface area contributed by atoms with Gasteiger partial charge < -0.3 is 10.5 Å². The number of aromatic nitrogens is 1. The van der Waals surface area contributed by atoms with Crippen molar-refractivity contribution >= 4 is 11.8 Å². The highest BCUT2D eigenvalue weighted by atomic mass is 19.4. The molecule has 17 heavy (non-hydrogen) atoms. The Labute approximate surface area is 93.0 Å². The number of nitrogens with zero attached hydrogens (tertiary/aromatic N) is 2. The van der Waals surface area contributed by atoms with Crippen molar-refractivity contribution in [2.45, 2.75) is 12.6 Å². The first kappa shape index (κ1) is 11.3. The van der Waals surface area contributed by atoms with E-state index in [9.17, 15) is 18.0 Å². The van der Waals surface area contributed by atoms with E-state index in [0.717, 1.165) is 0 Å². The van der Waals surface area contributed by atoms with Crippen molar-refractivity contribution < 1.29 is 18.0 Å². The monoisotopic (exact) mass is 241 g/mol. The molecular formula is C10H6F3N3O. The fourth-order valence-electron chi connectivity index (χ4n) is 1.68. The van der Waals surface area contributed by atoms with Crippen LogP contribution in [0.3, 0.4) is 0 Å². The Morgan fingerprint density at radius 1 is 1.35 bits per heavy atom. The highest BCUT2D eigenvalue weighted by molar-refractivity contribution is 5.98. The molecule has 0 fully saturated rings. The fraction of sp³-hybridized carbons (Fsp3) is 0.200. The molecule has 0 unspecified atom stereocenters. The van der Waals surface area contributed by atoms with E-state index in [1.807, 2.05) is 0 Å². The number of nitrogens with one attached hydrogen (secondary N) is 1. The third-order valence-electron chi connectivity index (χ3n) is 2.42. The predicted molar refractivity (Wildman–Crippen MR) is 53.4 cm³/mol. The van der Waals surface area contributed by atoms with E-state index in [1.54, 1.807) is 0 Å². The van der Waals surface area contributed by atoms with E-state index in [4.69, 9.17) is 5.53 Å². The van der Waals surface area contributed by atoms with Gasteiger partial charge in [0.15, 0.2) is 0 Å². The highest BCUT2D eigenvalue weighted by Gasteiger charge is 2.36. The molecule has 88 valence electrons. The Kier molecular flexibility index (Phi) is 2.48. The Morgan fingerprint density at radius 2 is 2.06 bits per heavy atom. The van der Waals surface area contributed by atoms with Crippen LogP contribution >= 0.6 is 0 Å². The Balaban J connectivity index is 2.72. The number of fused-ring (bicyclic) bond motifs is 1. The molecule has 0 aromatic carbocycles. The zero-order chi connectivity index (χ0) is 12.6. The molecule has 1 aliphatic rings. The summed E-state index contributed by atoms with van der Waals surface area (Å²) in [5.74, 6) is 0. The molecular weight excluding hydrogens is 235 g/mol. The zero-order valence-corrected chi connectivity index (χ0v) is 8.38. The molecule has 4 nitrogen and oxygen atoms in total. The van der Waals surface area contributed by atoms with E-state index < -0.39 is 17.3 Å². The quantitative estimate of drug-likeness (QED) is 0.544. The molecule has 0 saturated heterocycles. The van der Waals surface area contributed by atoms with E-state index in [0.29, 0.717) is 6.07 Å². The minimum Gasteiger partial charge on any atom is -0.361 e. The maximum absolute atomic E-state index is 12.7. The van der Waals surface area contributed by atoms with Gasteiger partial charge in [-0.25, -0.2) is 0 Å². The lowest BCUT2D eigenvalue weighted by Gasteiger charge is -2.15. The molecule has 7 heteroatoms. The summed E-state index contributed by atoms with van der Waals surface area (Å²) in [5, 5.41) is 0. The van der Waals surface area contributed by atoms with Gasteiger partial charge in [0.25, 0.3) is 5.71 Å². The molecule has 0 bridgehead atoms. The smallest absolute Gasteiger partial charge is 0.361 e. The topological polar surface area (TPSA) is 69.3 Å². The van der Waals surface area contributed by atoms with Gasteiger partial charge in [-0.05, 0) is 11.6 Å². The number of halogens is 3. The molecule has 1 aromatic heterocycles. The minimum absolute atomic E-state index is 0.0904. The van der Waals surface area contributed by atoms with Crippen LogP contribution in [0, 0.1) is 0 Å². The number of hydrogen-bond donors (Lipinski definition) is 1. The second-order valence-electron chi connectivity index (χ2n) is 3.54. The van der Waals surface area contributed by atoms with Gasteiger partial charge in [0.1, 0.15) is 0 Å². The molecule has 1 aliphatic carbocycles. The first-order valence-electron chi connectivity index (χ1n) is 4.64. The second-order valence-corrected chi connectivity index (χ2v) is 3.54. The molecule has 0 aliphatic heterocycles. The average molecular weight is 241 g/mol. The van der Waals surface area contributed by atoms with Gasteiger partial charge in [-0.2, -0.15) is 18.0 Å². The molecule has 0 atom stereocenters. The summed E-state index contributed by atoms with van der Waals surface area (Å²) < 4.78 is 38.1. The summed E-state index contributed by atoms with van der Waals surface area (Å²) in [6, 6.07) is 0.507. The van der Waals surface area contributed by atoms with Gasteiger partial charge >= 0.3 is 6.18 Å². The lowest BCUT2D eigenvalue weighted by atomic mass is 9.95. The van der Waals surface area contributed by atoms with Crippen molar-refractivity contribution in [2.24, 2.45) is 0 Å². The van der Waals surface area contributed by atoms with Crippen molar-refractivity contribution in [1.29, 1.82) is 0 Å². The molecule has 2 rings (SSSR count). The highest BCUT2D eigenvalue weighted by Crippen LogP contribution is 2.33. The first-order valence-corrected chi connectivity index (χ1v) is 4.64. The van der Waals surface area contributed by atoms with Crippen LogP contribution in [0.5, 0.6) is 0 Å². The minimum atomic E-state index is -4.61. The van der Waals surface area contributed by atoms with Crippen LogP contribution < -0.4 is 5.56 Å². The molecule has 0 saturated carbocycles. The largest absolute Gasteiger partial charge is 0.416 e. The SMILES string of the molecule is [N-]=[N+]=C1C=Cc2[nH]c(=O)cc(C(F)(F)F)c2C1. The number of allylic oxidation sites excluding steroid dienone is 1. The summed E-state index contributed by atoms with van der Waals surface area (Å²) in [7, 11) is 0. The molecule has 1 aromatic rings. The van der Waals surface area contributed by atoms with Gasteiger partial charge in [-0.15, -0.1) is 0 Å². The number of pyridine rings is 1. The first-order chi connectivity index (χ1) is 7.91. The van der Waals surface area contributed by atoms with Gasteiger partial charge in [0.2, 0.25) is 5.56 Å². The number of rotatable bonds is 0. The van der Waals surface area contributed by atoms with E-state index in [2.05, 4.69) is 9.77 Å². The Bertz CT molecular complexity index is 606. The van der Waals surface area contributed by atoms with E-state index in [-0.39, 0.29) is 23.4 Å². The Morgan fingerprint density at radius 3 is 2.65 bits per heavy atom. The van der Waals surface area contributed by atoms with Crippen LogP contribution in [0.15, 0.2) is 16.9 Å². The molecule has 1 heterocycles. The standard InChI is InChI=1S/C10H6F3N3O/c11-10(12,13)7-4-9(17)15-8-2-1-5(16-14)3-6(7)8/h1-2,4H,3H2,(H,15,17). The van der Waals surface area contributed by atoms with Crippen molar-refractivity contribution in [3.8, 4) is 0 Å². The molecule has 0 spiro atoms. The van der Waals surface area contributed by atoms with Crippen LogP contribution in [0.4, 0.5) is 13.2 Å². The summed E-state index contributed by atoms with van der Waals surface area (Å²) in [4.78, 5) is 16.3. The summed E-state index contributed by atoms with van der Waals surface area (Å²) >= 11 is 0. The number of aromatic amines is 1. The van der Waals surface area contributed by atoms with Crippen LogP contribution in [0.25, 0.3) is 11.6 Å². The maximum Gasteiger partial charge on any atom is 0.416 e.